The van der Waals surface area contributed by atoms with Crippen LogP contribution in [0.15, 0.2) is 78.9 Å². The van der Waals surface area contributed by atoms with E-state index in [2.05, 4.69) is 29.6 Å². The van der Waals surface area contributed by atoms with Gasteiger partial charge in [-0.3, -0.25) is 0 Å². The third kappa shape index (κ3) is 5.64. The monoisotopic (exact) mass is 459 g/mol. The molecule has 1 aliphatic carbocycles. The maximum absolute atomic E-state index is 12.7. The molecule has 4 rings (SSSR count). The fraction of sp³-hybridized carbons (Fsp3) is 0.286. The Bertz CT molecular complexity index is 1070. The van der Waals surface area contributed by atoms with Gasteiger partial charge in [-0.05, 0) is 47.1 Å². The lowest BCUT2D eigenvalue weighted by molar-refractivity contribution is -0.147. The van der Waals surface area contributed by atoms with Crippen LogP contribution >= 0.6 is 0 Å². The highest BCUT2D eigenvalue weighted by atomic mass is 16.6. The van der Waals surface area contributed by atoms with Crippen molar-refractivity contribution in [1.82, 2.24) is 5.32 Å². The summed E-state index contributed by atoms with van der Waals surface area (Å²) in [6.07, 6.45) is 0.811. The minimum Gasteiger partial charge on any atom is -0.459 e. The Morgan fingerprint density at radius 3 is 2.09 bits per heavy atom. The van der Waals surface area contributed by atoms with Crippen LogP contribution in [0.4, 0.5) is 4.79 Å². The first-order valence-corrected chi connectivity index (χ1v) is 11.6. The Hall–Kier alpha value is -3.64. The molecule has 176 valence electrons. The van der Waals surface area contributed by atoms with E-state index in [1.54, 1.807) is 0 Å². The second-order valence-corrected chi connectivity index (χ2v) is 8.34. The van der Waals surface area contributed by atoms with Crippen LogP contribution in [0.5, 0.6) is 0 Å². The minimum atomic E-state index is -0.842. The SMILES string of the molecule is O=C(N[C@@H](CCCCO)C(=O)OCc1ccccc1)OCC1c2ccccc2-c2ccccc21. The smallest absolute Gasteiger partial charge is 0.407 e. The molecule has 0 fully saturated rings. The zero-order valence-electron chi connectivity index (χ0n) is 19.0. The van der Waals surface area contributed by atoms with Gasteiger partial charge in [0.2, 0.25) is 0 Å². The zero-order chi connectivity index (χ0) is 23.8. The lowest BCUT2D eigenvalue weighted by Crippen LogP contribution is -2.42. The van der Waals surface area contributed by atoms with Gasteiger partial charge in [0.1, 0.15) is 19.3 Å². The minimum absolute atomic E-state index is 0.0245. The molecule has 6 nitrogen and oxygen atoms in total. The average molecular weight is 460 g/mol. The van der Waals surface area contributed by atoms with Crippen LogP contribution in [0.2, 0.25) is 0 Å². The molecule has 6 heteroatoms. The highest BCUT2D eigenvalue weighted by molar-refractivity contribution is 5.82. The summed E-state index contributed by atoms with van der Waals surface area (Å²) in [7, 11) is 0. The van der Waals surface area contributed by atoms with Gasteiger partial charge in [0, 0.05) is 12.5 Å². The molecule has 0 saturated heterocycles. The van der Waals surface area contributed by atoms with Gasteiger partial charge in [-0.15, -0.1) is 0 Å². The van der Waals surface area contributed by atoms with Crippen molar-refractivity contribution in [1.29, 1.82) is 0 Å². The standard InChI is InChI=1S/C28H29NO5/c30-17-9-8-16-26(27(31)33-18-20-10-2-1-3-11-20)29-28(32)34-19-25-23-14-6-4-12-21(23)22-13-5-7-15-24(22)25/h1-7,10-15,25-26,30H,8-9,16-19H2,(H,29,32)/t26-/m0/s1. The predicted octanol–water partition coefficient (Wildman–Crippen LogP) is 4.80. The lowest BCUT2D eigenvalue weighted by Gasteiger charge is -2.19. The van der Waals surface area contributed by atoms with E-state index in [1.807, 2.05) is 54.6 Å². The number of amides is 1. The molecule has 0 unspecified atom stereocenters. The van der Waals surface area contributed by atoms with Crippen molar-refractivity contribution in [2.45, 2.75) is 37.8 Å². The van der Waals surface area contributed by atoms with Gasteiger partial charge in [-0.2, -0.15) is 0 Å². The number of nitrogens with one attached hydrogen (secondary N) is 1. The lowest BCUT2D eigenvalue weighted by atomic mass is 9.98. The molecule has 2 N–H and O–H groups in total. The van der Waals surface area contributed by atoms with Gasteiger partial charge >= 0.3 is 12.1 Å². The number of esters is 1. The van der Waals surface area contributed by atoms with Gasteiger partial charge in [0.15, 0.2) is 0 Å². The van der Waals surface area contributed by atoms with Gasteiger partial charge in [0.05, 0.1) is 0 Å². The maximum Gasteiger partial charge on any atom is 0.407 e. The van der Waals surface area contributed by atoms with Crippen molar-refractivity contribution in [2.24, 2.45) is 0 Å². The van der Waals surface area contributed by atoms with Crippen LogP contribution < -0.4 is 5.32 Å². The topological polar surface area (TPSA) is 84.9 Å². The Morgan fingerprint density at radius 2 is 1.44 bits per heavy atom. The number of alkyl carbamates (subject to hydrolysis) is 1. The Morgan fingerprint density at radius 1 is 0.824 bits per heavy atom. The molecule has 0 aliphatic heterocycles. The van der Waals surface area contributed by atoms with Gasteiger partial charge < -0.3 is 19.9 Å². The molecule has 0 heterocycles. The molecular weight excluding hydrogens is 430 g/mol. The number of hydrogen-bond donors (Lipinski definition) is 2. The number of unbranched alkanes of at least 4 members (excludes halogenated alkanes) is 1. The van der Waals surface area contributed by atoms with Crippen LogP contribution in [0.1, 0.15) is 41.9 Å². The van der Waals surface area contributed by atoms with Crippen molar-refractivity contribution < 1.29 is 24.2 Å². The highest BCUT2D eigenvalue weighted by Gasteiger charge is 2.30. The highest BCUT2D eigenvalue weighted by Crippen LogP contribution is 2.44. The van der Waals surface area contributed by atoms with Crippen molar-refractivity contribution >= 4 is 12.1 Å². The Labute approximate surface area is 199 Å². The van der Waals surface area contributed by atoms with Crippen molar-refractivity contribution in [3.63, 3.8) is 0 Å². The first-order chi connectivity index (χ1) is 16.7. The number of aliphatic hydroxyl groups is 1. The number of carbonyl (C=O) groups is 2. The third-order valence-corrected chi connectivity index (χ3v) is 6.05. The van der Waals surface area contributed by atoms with Crippen LogP contribution in [0.3, 0.4) is 0 Å². The normalized spacial score (nSPS) is 13.0. The Kier molecular flexibility index (Phi) is 7.94. The molecule has 0 spiro atoms. The van der Waals surface area contributed by atoms with E-state index in [4.69, 9.17) is 14.6 Å². The molecule has 0 aromatic heterocycles. The fourth-order valence-electron chi connectivity index (χ4n) is 4.32. The van der Waals surface area contributed by atoms with E-state index in [-0.39, 0.29) is 25.7 Å². The summed E-state index contributed by atoms with van der Waals surface area (Å²) in [6, 6.07) is 24.8. The van der Waals surface area contributed by atoms with Crippen LogP contribution in [-0.2, 0) is 20.9 Å². The van der Waals surface area contributed by atoms with E-state index in [1.165, 1.54) is 0 Å². The molecule has 34 heavy (non-hydrogen) atoms. The summed E-state index contributed by atoms with van der Waals surface area (Å²) in [4.78, 5) is 25.3. The van der Waals surface area contributed by atoms with E-state index in [0.29, 0.717) is 19.3 Å². The first-order valence-electron chi connectivity index (χ1n) is 11.6. The third-order valence-electron chi connectivity index (χ3n) is 6.05. The molecule has 1 aliphatic rings. The number of rotatable bonds is 10. The Balaban J connectivity index is 1.37. The van der Waals surface area contributed by atoms with Crippen LogP contribution in [-0.4, -0.2) is 36.4 Å². The number of benzene rings is 3. The first kappa shape index (κ1) is 23.5. The van der Waals surface area contributed by atoms with Gasteiger partial charge in [-0.1, -0.05) is 78.9 Å². The van der Waals surface area contributed by atoms with Gasteiger partial charge in [0.25, 0.3) is 0 Å². The zero-order valence-corrected chi connectivity index (χ0v) is 19.0. The van der Waals surface area contributed by atoms with E-state index < -0.39 is 18.1 Å². The molecular formula is C28H29NO5. The molecule has 3 aromatic rings. The van der Waals surface area contributed by atoms with Crippen LogP contribution in [0, 0.1) is 0 Å². The van der Waals surface area contributed by atoms with Crippen molar-refractivity contribution in [3.8, 4) is 11.1 Å². The van der Waals surface area contributed by atoms with E-state index in [9.17, 15) is 9.59 Å². The van der Waals surface area contributed by atoms with Crippen molar-refractivity contribution in [2.75, 3.05) is 13.2 Å². The number of ether oxygens (including phenoxy) is 2. The van der Waals surface area contributed by atoms with Crippen molar-refractivity contribution in [3.05, 3.63) is 95.6 Å². The van der Waals surface area contributed by atoms with E-state index >= 15 is 0 Å². The summed E-state index contributed by atoms with van der Waals surface area (Å²) in [5.74, 6) is -0.577. The molecule has 1 amide bonds. The second-order valence-electron chi connectivity index (χ2n) is 8.34. The fourth-order valence-corrected chi connectivity index (χ4v) is 4.32. The quantitative estimate of drug-likeness (QED) is 0.336. The molecule has 1 atom stereocenters. The largest absolute Gasteiger partial charge is 0.459 e. The molecule has 0 radical (unpaired) electrons. The summed E-state index contributed by atoms with van der Waals surface area (Å²) >= 11 is 0. The summed E-state index contributed by atoms with van der Waals surface area (Å²) in [5, 5.41) is 11.8. The average Bonchev–Trinajstić information content (AvgIpc) is 3.20. The predicted molar refractivity (Wildman–Crippen MR) is 129 cm³/mol. The number of hydrogen-bond acceptors (Lipinski definition) is 5. The number of aliphatic hydroxyl groups excluding tert-OH is 1. The summed E-state index contributed by atoms with van der Waals surface area (Å²) < 4.78 is 11.0. The molecule has 0 bridgehead atoms. The van der Waals surface area contributed by atoms with Crippen LogP contribution in [0.25, 0.3) is 11.1 Å². The number of fused-ring (bicyclic) bond motifs is 3. The molecule has 3 aromatic carbocycles. The summed E-state index contributed by atoms with van der Waals surface area (Å²) in [5.41, 5.74) is 5.42. The maximum atomic E-state index is 12.7. The summed E-state index contributed by atoms with van der Waals surface area (Å²) in [6.45, 7) is 0.321. The molecule has 0 saturated carbocycles. The number of carbonyl (C=O) groups excluding carboxylic acids is 2. The van der Waals surface area contributed by atoms with Gasteiger partial charge in [-0.25, -0.2) is 9.59 Å². The van der Waals surface area contributed by atoms with E-state index in [0.717, 1.165) is 27.8 Å². The second kappa shape index (κ2) is 11.5.